The van der Waals surface area contributed by atoms with Crippen molar-refractivity contribution >= 4 is 28.8 Å². The molecule has 0 fully saturated rings. The Morgan fingerprint density at radius 3 is 2.86 bits per heavy atom. The Balaban J connectivity index is 1.63. The highest BCUT2D eigenvalue weighted by atomic mass is 35.5. The van der Waals surface area contributed by atoms with Crippen LogP contribution in [0.3, 0.4) is 0 Å². The zero-order chi connectivity index (χ0) is 14.8. The van der Waals surface area contributed by atoms with Gasteiger partial charge in [0, 0.05) is 23.0 Å². The molecule has 1 aliphatic rings. The average Bonchev–Trinajstić information content (AvgIpc) is 2.95. The quantitative estimate of drug-likeness (QED) is 0.941. The van der Waals surface area contributed by atoms with Gasteiger partial charge < -0.3 is 10.0 Å². The van der Waals surface area contributed by atoms with Crippen LogP contribution in [0.1, 0.15) is 28.5 Å². The number of thiophene rings is 1. The first-order chi connectivity index (χ1) is 10.1. The molecule has 2 aromatic rings. The summed E-state index contributed by atoms with van der Waals surface area (Å²) in [5, 5.41) is 12.9. The van der Waals surface area contributed by atoms with Crippen LogP contribution >= 0.6 is 22.9 Å². The van der Waals surface area contributed by atoms with E-state index in [9.17, 15) is 9.90 Å². The molecule has 1 unspecified atom stereocenters. The van der Waals surface area contributed by atoms with Crippen LogP contribution in [-0.4, -0.2) is 22.5 Å². The summed E-state index contributed by atoms with van der Waals surface area (Å²) in [6.45, 7) is 1.39. The highest BCUT2D eigenvalue weighted by molar-refractivity contribution is 7.10. The SMILES string of the molecule is O=C(CC(O)c1ccc(Cl)cc1)N1CCc2sccc2C1. The Bertz CT molecular complexity index is 638. The topological polar surface area (TPSA) is 40.5 Å². The van der Waals surface area contributed by atoms with Crippen molar-refractivity contribution in [3.63, 3.8) is 0 Å². The van der Waals surface area contributed by atoms with Crippen LogP contribution in [0.4, 0.5) is 0 Å². The molecular formula is C16H16ClNO2S. The van der Waals surface area contributed by atoms with E-state index in [0.29, 0.717) is 11.6 Å². The second kappa shape index (κ2) is 6.18. The first kappa shape index (κ1) is 14.6. The third kappa shape index (κ3) is 3.28. The number of benzene rings is 1. The molecule has 0 saturated carbocycles. The predicted molar refractivity (Wildman–Crippen MR) is 84.5 cm³/mol. The van der Waals surface area contributed by atoms with Crippen molar-refractivity contribution < 1.29 is 9.90 Å². The van der Waals surface area contributed by atoms with Gasteiger partial charge in [0.2, 0.25) is 5.91 Å². The number of halogens is 1. The van der Waals surface area contributed by atoms with Gasteiger partial charge in [-0.3, -0.25) is 4.79 Å². The highest BCUT2D eigenvalue weighted by Crippen LogP contribution is 2.26. The molecule has 0 bridgehead atoms. The van der Waals surface area contributed by atoms with Crippen molar-refractivity contribution in [3.8, 4) is 0 Å². The minimum atomic E-state index is -0.779. The lowest BCUT2D eigenvalue weighted by Crippen LogP contribution is -2.36. The van der Waals surface area contributed by atoms with E-state index in [1.807, 2.05) is 4.90 Å². The summed E-state index contributed by atoms with van der Waals surface area (Å²) in [7, 11) is 0. The van der Waals surface area contributed by atoms with Gasteiger partial charge in [-0.05, 0) is 41.1 Å². The van der Waals surface area contributed by atoms with E-state index in [1.165, 1.54) is 10.4 Å². The summed E-state index contributed by atoms with van der Waals surface area (Å²) >= 11 is 7.58. The van der Waals surface area contributed by atoms with Crippen molar-refractivity contribution in [2.75, 3.05) is 6.54 Å². The Morgan fingerprint density at radius 2 is 2.10 bits per heavy atom. The first-order valence-electron chi connectivity index (χ1n) is 6.90. The lowest BCUT2D eigenvalue weighted by Gasteiger charge is -2.28. The second-order valence-electron chi connectivity index (χ2n) is 5.21. The number of amides is 1. The summed E-state index contributed by atoms with van der Waals surface area (Å²) < 4.78 is 0. The number of hydrogen-bond donors (Lipinski definition) is 1. The van der Waals surface area contributed by atoms with E-state index in [-0.39, 0.29) is 12.3 Å². The molecule has 2 heterocycles. The summed E-state index contributed by atoms with van der Waals surface area (Å²) in [5.74, 6) is -0.00528. The molecule has 1 N–H and O–H groups in total. The molecule has 110 valence electrons. The number of aliphatic hydroxyl groups excluding tert-OH is 1. The molecule has 0 radical (unpaired) electrons. The van der Waals surface area contributed by atoms with Crippen molar-refractivity contribution in [2.45, 2.75) is 25.5 Å². The van der Waals surface area contributed by atoms with Gasteiger partial charge in [-0.2, -0.15) is 0 Å². The molecule has 1 aromatic heterocycles. The van der Waals surface area contributed by atoms with Crippen molar-refractivity contribution in [3.05, 3.63) is 56.7 Å². The number of carbonyl (C=O) groups is 1. The molecular weight excluding hydrogens is 306 g/mol. The van der Waals surface area contributed by atoms with Crippen LogP contribution in [0, 0.1) is 0 Å². The van der Waals surface area contributed by atoms with E-state index in [0.717, 1.165) is 18.5 Å². The maximum absolute atomic E-state index is 12.3. The number of rotatable bonds is 3. The first-order valence-corrected chi connectivity index (χ1v) is 8.16. The van der Waals surface area contributed by atoms with E-state index in [2.05, 4.69) is 11.4 Å². The minimum Gasteiger partial charge on any atom is -0.388 e. The van der Waals surface area contributed by atoms with Crippen LogP contribution in [0.25, 0.3) is 0 Å². The third-order valence-electron chi connectivity index (χ3n) is 3.78. The number of fused-ring (bicyclic) bond motifs is 1. The summed E-state index contributed by atoms with van der Waals surface area (Å²) in [5.41, 5.74) is 1.96. The van der Waals surface area contributed by atoms with Crippen LogP contribution in [0.5, 0.6) is 0 Å². The van der Waals surface area contributed by atoms with E-state index in [4.69, 9.17) is 11.6 Å². The molecule has 0 aliphatic carbocycles. The molecule has 3 rings (SSSR count). The molecule has 3 nitrogen and oxygen atoms in total. The molecule has 5 heteroatoms. The zero-order valence-electron chi connectivity index (χ0n) is 11.5. The van der Waals surface area contributed by atoms with Gasteiger partial charge in [-0.25, -0.2) is 0 Å². The normalized spacial score (nSPS) is 15.6. The van der Waals surface area contributed by atoms with Crippen molar-refractivity contribution in [1.82, 2.24) is 4.90 Å². The number of carbonyl (C=O) groups excluding carboxylic acids is 1. The van der Waals surface area contributed by atoms with Crippen molar-refractivity contribution in [2.24, 2.45) is 0 Å². The largest absolute Gasteiger partial charge is 0.388 e. The minimum absolute atomic E-state index is 0.00528. The molecule has 1 aromatic carbocycles. The summed E-state index contributed by atoms with van der Waals surface area (Å²) in [4.78, 5) is 15.5. The summed E-state index contributed by atoms with van der Waals surface area (Å²) in [6.07, 6.45) is 0.246. The summed E-state index contributed by atoms with van der Waals surface area (Å²) in [6, 6.07) is 9.04. The molecule has 1 atom stereocenters. The highest BCUT2D eigenvalue weighted by Gasteiger charge is 2.23. The fraction of sp³-hybridized carbons (Fsp3) is 0.312. The predicted octanol–water partition coefficient (Wildman–Crippen LogP) is 3.41. The number of hydrogen-bond acceptors (Lipinski definition) is 3. The van der Waals surface area contributed by atoms with Crippen LogP contribution < -0.4 is 0 Å². The molecule has 21 heavy (non-hydrogen) atoms. The maximum atomic E-state index is 12.3. The Hall–Kier alpha value is -1.36. The van der Waals surface area contributed by atoms with Crippen LogP contribution in [0.2, 0.25) is 5.02 Å². The molecule has 1 aliphatic heterocycles. The van der Waals surface area contributed by atoms with Crippen molar-refractivity contribution in [1.29, 1.82) is 0 Å². The smallest absolute Gasteiger partial charge is 0.225 e. The van der Waals surface area contributed by atoms with E-state index < -0.39 is 6.10 Å². The average molecular weight is 322 g/mol. The van der Waals surface area contributed by atoms with Gasteiger partial charge >= 0.3 is 0 Å². The number of aliphatic hydroxyl groups is 1. The van der Waals surface area contributed by atoms with Crippen LogP contribution in [-0.2, 0) is 17.8 Å². The van der Waals surface area contributed by atoms with Gasteiger partial charge in [0.25, 0.3) is 0 Å². The lowest BCUT2D eigenvalue weighted by atomic mass is 10.0. The Kier molecular flexibility index (Phi) is 4.29. The van der Waals surface area contributed by atoms with E-state index >= 15 is 0 Å². The fourth-order valence-corrected chi connectivity index (χ4v) is 3.57. The van der Waals surface area contributed by atoms with Crippen LogP contribution in [0.15, 0.2) is 35.7 Å². The zero-order valence-corrected chi connectivity index (χ0v) is 13.0. The fourth-order valence-electron chi connectivity index (χ4n) is 2.56. The molecule has 0 saturated heterocycles. The van der Waals surface area contributed by atoms with Gasteiger partial charge in [0.15, 0.2) is 0 Å². The molecule has 1 amide bonds. The van der Waals surface area contributed by atoms with Gasteiger partial charge in [0.1, 0.15) is 0 Å². The van der Waals surface area contributed by atoms with Gasteiger partial charge in [-0.1, -0.05) is 23.7 Å². The monoisotopic (exact) mass is 321 g/mol. The second-order valence-corrected chi connectivity index (χ2v) is 6.64. The standard InChI is InChI=1S/C16H16ClNO2S/c17-13-3-1-11(2-4-13)14(19)9-16(20)18-7-5-15-12(10-18)6-8-21-15/h1-4,6,8,14,19H,5,7,9-10H2. The number of nitrogens with zero attached hydrogens (tertiary/aromatic N) is 1. The maximum Gasteiger partial charge on any atom is 0.225 e. The van der Waals surface area contributed by atoms with Gasteiger partial charge in [-0.15, -0.1) is 11.3 Å². The lowest BCUT2D eigenvalue weighted by molar-refractivity contribution is -0.134. The van der Waals surface area contributed by atoms with E-state index in [1.54, 1.807) is 35.6 Å². The van der Waals surface area contributed by atoms with Gasteiger partial charge in [0.05, 0.1) is 12.5 Å². The third-order valence-corrected chi connectivity index (χ3v) is 5.06. The Morgan fingerprint density at radius 1 is 1.33 bits per heavy atom. The Labute approximate surface area is 132 Å². The molecule has 0 spiro atoms.